The summed E-state index contributed by atoms with van der Waals surface area (Å²) in [7, 11) is 0. The van der Waals surface area contributed by atoms with E-state index >= 15 is 0 Å². The maximum atomic E-state index is 13.2. The highest BCUT2D eigenvalue weighted by molar-refractivity contribution is 5.58. The van der Waals surface area contributed by atoms with Gasteiger partial charge in [-0.2, -0.15) is 0 Å². The lowest BCUT2D eigenvalue weighted by Gasteiger charge is -2.08. The lowest BCUT2D eigenvalue weighted by Crippen LogP contribution is -2.04. The molecule has 0 atom stereocenters. The van der Waals surface area contributed by atoms with E-state index in [-0.39, 0.29) is 0 Å². The molecular weight excluding hydrogens is 300 g/mol. The van der Waals surface area contributed by atoms with Crippen LogP contribution < -0.4 is 10.6 Å². The summed E-state index contributed by atoms with van der Waals surface area (Å²) in [5, 5.41) is 6.02. The fourth-order valence-electron chi connectivity index (χ4n) is 1.93. The standard InChI is InChI=1S/C16H13F2N5/c17-13-5-4-11(7-14(13)18)23-16-8-15(21-10-22-16)20-9-12-3-1-2-6-19-12/h1-8,10H,9H2,(H2,20,21,22,23). The normalized spacial score (nSPS) is 10.3. The number of nitrogens with one attached hydrogen (secondary N) is 2. The van der Waals surface area contributed by atoms with E-state index in [1.165, 1.54) is 12.4 Å². The minimum absolute atomic E-state index is 0.401. The molecule has 0 spiro atoms. The molecule has 23 heavy (non-hydrogen) atoms. The number of rotatable bonds is 5. The Hall–Kier alpha value is -3.09. The van der Waals surface area contributed by atoms with Crippen molar-refractivity contribution in [3.63, 3.8) is 0 Å². The Labute approximate surface area is 131 Å². The van der Waals surface area contributed by atoms with Gasteiger partial charge in [-0.25, -0.2) is 18.7 Å². The van der Waals surface area contributed by atoms with Gasteiger partial charge in [-0.15, -0.1) is 0 Å². The summed E-state index contributed by atoms with van der Waals surface area (Å²) < 4.78 is 26.1. The molecule has 0 radical (unpaired) electrons. The lowest BCUT2D eigenvalue weighted by atomic mass is 10.3. The molecule has 1 aromatic carbocycles. The van der Waals surface area contributed by atoms with Gasteiger partial charge in [0.1, 0.15) is 18.0 Å². The third-order valence-corrected chi connectivity index (χ3v) is 3.04. The number of pyridine rings is 1. The van der Waals surface area contributed by atoms with E-state index in [0.717, 1.165) is 17.8 Å². The highest BCUT2D eigenvalue weighted by Crippen LogP contribution is 2.18. The second-order valence-electron chi connectivity index (χ2n) is 4.72. The third-order valence-electron chi connectivity index (χ3n) is 3.04. The molecule has 0 unspecified atom stereocenters. The van der Waals surface area contributed by atoms with Crippen LogP contribution in [-0.4, -0.2) is 15.0 Å². The van der Waals surface area contributed by atoms with Crippen molar-refractivity contribution in [3.8, 4) is 0 Å². The molecule has 3 rings (SSSR count). The topological polar surface area (TPSA) is 62.7 Å². The fraction of sp³-hybridized carbons (Fsp3) is 0.0625. The molecule has 2 aromatic heterocycles. The fourth-order valence-corrected chi connectivity index (χ4v) is 1.93. The van der Waals surface area contributed by atoms with Crippen LogP contribution in [0.3, 0.4) is 0 Å². The smallest absolute Gasteiger partial charge is 0.160 e. The second-order valence-corrected chi connectivity index (χ2v) is 4.72. The maximum Gasteiger partial charge on any atom is 0.160 e. The van der Waals surface area contributed by atoms with Crippen molar-refractivity contribution in [1.29, 1.82) is 0 Å². The van der Waals surface area contributed by atoms with E-state index in [9.17, 15) is 8.78 Å². The van der Waals surface area contributed by atoms with Crippen LogP contribution in [0.1, 0.15) is 5.69 Å². The number of halogens is 2. The van der Waals surface area contributed by atoms with Crippen LogP contribution in [-0.2, 0) is 6.54 Å². The van der Waals surface area contributed by atoms with Crippen molar-refractivity contribution in [1.82, 2.24) is 15.0 Å². The van der Waals surface area contributed by atoms with Crippen molar-refractivity contribution in [2.75, 3.05) is 10.6 Å². The van der Waals surface area contributed by atoms with E-state index in [1.807, 2.05) is 18.2 Å². The zero-order valence-corrected chi connectivity index (χ0v) is 12.0. The second kappa shape index (κ2) is 6.78. The minimum Gasteiger partial charge on any atom is -0.364 e. The van der Waals surface area contributed by atoms with Crippen molar-refractivity contribution < 1.29 is 8.78 Å². The molecule has 2 N–H and O–H groups in total. The summed E-state index contributed by atoms with van der Waals surface area (Å²) in [6, 6.07) is 10.9. The minimum atomic E-state index is -0.919. The summed E-state index contributed by atoms with van der Waals surface area (Å²) >= 11 is 0. The van der Waals surface area contributed by atoms with Crippen molar-refractivity contribution in [3.05, 3.63) is 72.3 Å². The Morgan fingerprint density at radius 1 is 0.870 bits per heavy atom. The number of aromatic nitrogens is 3. The molecule has 5 nitrogen and oxygen atoms in total. The van der Waals surface area contributed by atoms with E-state index in [2.05, 4.69) is 25.6 Å². The average molecular weight is 313 g/mol. The summed E-state index contributed by atoms with van der Waals surface area (Å²) in [5.74, 6) is -0.751. The Balaban J connectivity index is 1.68. The van der Waals surface area contributed by atoms with E-state index in [4.69, 9.17) is 0 Å². The highest BCUT2D eigenvalue weighted by Gasteiger charge is 2.04. The predicted octanol–water partition coefficient (Wildman–Crippen LogP) is 3.51. The number of nitrogens with zero attached hydrogens (tertiary/aromatic N) is 3. The van der Waals surface area contributed by atoms with Crippen LogP contribution in [0.4, 0.5) is 26.1 Å². The van der Waals surface area contributed by atoms with Gasteiger partial charge >= 0.3 is 0 Å². The number of hydrogen-bond acceptors (Lipinski definition) is 5. The zero-order valence-electron chi connectivity index (χ0n) is 12.0. The molecule has 0 amide bonds. The molecule has 7 heteroatoms. The molecule has 0 saturated heterocycles. The Kier molecular flexibility index (Phi) is 4.37. The molecule has 0 aliphatic heterocycles. The summed E-state index contributed by atoms with van der Waals surface area (Å²) in [6.07, 6.45) is 3.09. The zero-order chi connectivity index (χ0) is 16.1. The Morgan fingerprint density at radius 3 is 2.52 bits per heavy atom. The summed E-state index contributed by atoms with van der Waals surface area (Å²) in [6.45, 7) is 0.516. The average Bonchev–Trinajstić information content (AvgIpc) is 2.58. The number of anilines is 3. The third kappa shape index (κ3) is 3.97. The van der Waals surface area contributed by atoms with Crippen LogP contribution in [0.2, 0.25) is 0 Å². The monoisotopic (exact) mass is 313 g/mol. The first-order valence-corrected chi connectivity index (χ1v) is 6.88. The SMILES string of the molecule is Fc1ccc(Nc2cc(NCc3ccccn3)ncn2)cc1F. The van der Waals surface area contributed by atoms with Crippen LogP contribution in [0, 0.1) is 11.6 Å². The van der Waals surface area contributed by atoms with E-state index in [1.54, 1.807) is 12.3 Å². The number of benzene rings is 1. The van der Waals surface area contributed by atoms with Gasteiger partial charge in [-0.05, 0) is 24.3 Å². The van der Waals surface area contributed by atoms with Gasteiger partial charge in [0.2, 0.25) is 0 Å². The largest absolute Gasteiger partial charge is 0.364 e. The molecule has 0 fully saturated rings. The summed E-state index contributed by atoms with van der Waals surface area (Å²) in [5.41, 5.74) is 1.28. The van der Waals surface area contributed by atoms with Gasteiger partial charge in [0.15, 0.2) is 11.6 Å². The highest BCUT2D eigenvalue weighted by atomic mass is 19.2. The first-order chi connectivity index (χ1) is 11.2. The molecule has 116 valence electrons. The molecule has 0 aliphatic carbocycles. The summed E-state index contributed by atoms with van der Waals surface area (Å²) in [4.78, 5) is 12.4. The van der Waals surface area contributed by atoms with Gasteiger partial charge in [-0.1, -0.05) is 6.07 Å². The molecule has 0 bridgehead atoms. The maximum absolute atomic E-state index is 13.2. The predicted molar refractivity (Wildman–Crippen MR) is 83.2 cm³/mol. The first kappa shape index (κ1) is 14.8. The molecule has 3 aromatic rings. The Bertz CT molecular complexity index is 795. The van der Waals surface area contributed by atoms with E-state index in [0.29, 0.717) is 23.9 Å². The molecule has 0 saturated carbocycles. The van der Waals surface area contributed by atoms with Crippen LogP contribution in [0.25, 0.3) is 0 Å². The van der Waals surface area contributed by atoms with Gasteiger partial charge in [0, 0.05) is 24.0 Å². The lowest BCUT2D eigenvalue weighted by molar-refractivity contribution is 0.509. The van der Waals surface area contributed by atoms with Gasteiger partial charge in [-0.3, -0.25) is 4.98 Å². The van der Waals surface area contributed by atoms with Crippen molar-refractivity contribution in [2.24, 2.45) is 0 Å². The molecular formula is C16H13F2N5. The molecule has 0 aliphatic rings. The van der Waals surface area contributed by atoms with Crippen molar-refractivity contribution in [2.45, 2.75) is 6.54 Å². The first-order valence-electron chi connectivity index (χ1n) is 6.88. The van der Waals surface area contributed by atoms with Crippen LogP contribution in [0.5, 0.6) is 0 Å². The molecule has 2 heterocycles. The number of hydrogen-bond donors (Lipinski definition) is 2. The van der Waals surface area contributed by atoms with Gasteiger partial charge in [0.05, 0.1) is 12.2 Å². The van der Waals surface area contributed by atoms with Crippen LogP contribution in [0.15, 0.2) is 55.0 Å². The van der Waals surface area contributed by atoms with Crippen molar-refractivity contribution >= 4 is 17.3 Å². The Morgan fingerprint density at radius 2 is 1.74 bits per heavy atom. The quantitative estimate of drug-likeness (QED) is 0.755. The van der Waals surface area contributed by atoms with Gasteiger partial charge < -0.3 is 10.6 Å². The van der Waals surface area contributed by atoms with Crippen LogP contribution >= 0.6 is 0 Å². The van der Waals surface area contributed by atoms with E-state index < -0.39 is 11.6 Å². The van der Waals surface area contributed by atoms with Gasteiger partial charge in [0.25, 0.3) is 0 Å².